The molecule has 2 saturated carbocycles. The van der Waals surface area contributed by atoms with Crippen molar-refractivity contribution in [3.05, 3.63) is 0 Å². The normalized spacial score (nSPS) is 34.2. The van der Waals surface area contributed by atoms with Gasteiger partial charge in [0.2, 0.25) is 5.91 Å². The van der Waals surface area contributed by atoms with Crippen LogP contribution in [0.1, 0.15) is 65.7 Å². The summed E-state index contributed by atoms with van der Waals surface area (Å²) in [5.74, 6) is 0.317. The predicted octanol–water partition coefficient (Wildman–Crippen LogP) is 1.76. The van der Waals surface area contributed by atoms with Crippen LogP contribution in [0, 0.1) is 17.3 Å². The summed E-state index contributed by atoms with van der Waals surface area (Å²) < 4.78 is 0. The quantitative estimate of drug-likeness (QED) is 0.648. The van der Waals surface area contributed by atoms with Gasteiger partial charge in [-0.1, -0.05) is 27.2 Å². The van der Waals surface area contributed by atoms with E-state index >= 15 is 0 Å². The van der Waals surface area contributed by atoms with Crippen LogP contribution in [-0.2, 0) is 9.59 Å². The van der Waals surface area contributed by atoms with E-state index in [0.717, 1.165) is 37.0 Å². The minimum atomic E-state index is -0.813. The van der Waals surface area contributed by atoms with Crippen molar-refractivity contribution in [2.24, 2.45) is 23.0 Å². The number of hydrogen-bond donors (Lipinski definition) is 3. The lowest BCUT2D eigenvalue weighted by molar-refractivity contribution is -0.136. The highest BCUT2D eigenvalue weighted by molar-refractivity contribution is 6.09. The Kier molecular flexibility index (Phi) is 5.52. The SMILES string of the molecule is CC(C)(C)C1CCC2(CC1)NC(=O)N(CC(=O)NC1CCCC1CN)C2=O. The molecule has 1 heterocycles. The molecule has 1 saturated heterocycles. The molecule has 0 aromatic carbocycles. The first kappa shape index (κ1) is 20.1. The van der Waals surface area contributed by atoms with E-state index in [1.54, 1.807) is 0 Å². The monoisotopic (exact) mass is 378 g/mol. The number of rotatable bonds is 4. The molecule has 0 radical (unpaired) electrons. The molecule has 7 nitrogen and oxygen atoms in total. The number of hydrogen-bond acceptors (Lipinski definition) is 4. The van der Waals surface area contributed by atoms with Crippen LogP contribution < -0.4 is 16.4 Å². The first-order valence-corrected chi connectivity index (χ1v) is 10.3. The van der Waals surface area contributed by atoms with Gasteiger partial charge >= 0.3 is 6.03 Å². The highest BCUT2D eigenvalue weighted by Gasteiger charge is 2.53. The topological polar surface area (TPSA) is 105 Å². The van der Waals surface area contributed by atoms with Gasteiger partial charge in [-0.05, 0) is 62.3 Å². The smallest absolute Gasteiger partial charge is 0.325 e. The average molecular weight is 379 g/mol. The second-order valence-corrected chi connectivity index (χ2v) is 9.64. The van der Waals surface area contributed by atoms with Gasteiger partial charge in [0.25, 0.3) is 5.91 Å². The van der Waals surface area contributed by atoms with Crippen molar-refractivity contribution < 1.29 is 14.4 Å². The molecule has 3 fully saturated rings. The summed E-state index contributed by atoms with van der Waals surface area (Å²) in [6.45, 7) is 7.01. The maximum absolute atomic E-state index is 13.0. The largest absolute Gasteiger partial charge is 0.351 e. The molecular formula is C20H34N4O3. The number of nitrogens with two attached hydrogens (primary N) is 1. The Morgan fingerprint density at radius 1 is 1.22 bits per heavy atom. The number of carbonyl (C=O) groups excluding carboxylic acids is 3. The fourth-order valence-electron chi connectivity index (χ4n) is 5.04. The van der Waals surface area contributed by atoms with Crippen molar-refractivity contribution >= 4 is 17.8 Å². The van der Waals surface area contributed by atoms with E-state index in [4.69, 9.17) is 5.73 Å². The number of nitrogens with zero attached hydrogens (tertiary/aromatic N) is 1. The molecule has 0 aromatic heterocycles. The Hall–Kier alpha value is -1.63. The Balaban J connectivity index is 1.59. The molecule has 3 aliphatic rings. The number of amides is 4. The Bertz CT molecular complexity index is 605. The molecule has 152 valence electrons. The molecule has 2 unspecified atom stereocenters. The van der Waals surface area contributed by atoms with Gasteiger partial charge in [0.15, 0.2) is 0 Å². The zero-order chi connectivity index (χ0) is 19.8. The fourth-order valence-corrected chi connectivity index (χ4v) is 5.04. The average Bonchev–Trinajstić information content (AvgIpc) is 3.13. The minimum Gasteiger partial charge on any atom is -0.351 e. The molecule has 2 aliphatic carbocycles. The fraction of sp³-hybridized carbons (Fsp3) is 0.850. The van der Waals surface area contributed by atoms with Gasteiger partial charge in [-0.25, -0.2) is 4.79 Å². The number of urea groups is 1. The van der Waals surface area contributed by atoms with Gasteiger partial charge in [-0.3, -0.25) is 14.5 Å². The second-order valence-electron chi connectivity index (χ2n) is 9.64. The van der Waals surface area contributed by atoms with Gasteiger partial charge in [0.05, 0.1) is 0 Å². The minimum absolute atomic E-state index is 0.0550. The van der Waals surface area contributed by atoms with Crippen LogP contribution in [0.4, 0.5) is 4.79 Å². The maximum Gasteiger partial charge on any atom is 0.325 e. The van der Waals surface area contributed by atoms with E-state index in [2.05, 4.69) is 31.4 Å². The summed E-state index contributed by atoms with van der Waals surface area (Å²) >= 11 is 0. The molecule has 7 heteroatoms. The van der Waals surface area contributed by atoms with Crippen molar-refractivity contribution in [1.29, 1.82) is 0 Å². The van der Waals surface area contributed by atoms with E-state index in [9.17, 15) is 14.4 Å². The van der Waals surface area contributed by atoms with E-state index in [0.29, 0.717) is 25.3 Å². The molecular weight excluding hydrogens is 344 g/mol. The van der Waals surface area contributed by atoms with Crippen LogP contribution in [0.2, 0.25) is 0 Å². The van der Waals surface area contributed by atoms with Crippen LogP contribution in [-0.4, -0.2) is 47.4 Å². The van der Waals surface area contributed by atoms with Crippen molar-refractivity contribution in [2.45, 2.75) is 77.3 Å². The molecule has 0 aromatic rings. The first-order chi connectivity index (χ1) is 12.7. The number of carbonyl (C=O) groups is 3. The molecule has 4 amide bonds. The summed E-state index contributed by atoms with van der Waals surface area (Å²) in [6, 6.07) is -0.384. The van der Waals surface area contributed by atoms with E-state index < -0.39 is 11.6 Å². The third-order valence-corrected chi connectivity index (χ3v) is 6.92. The molecule has 0 bridgehead atoms. The highest BCUT2D eigenvalue weighted by Crippen LogP contribution is 2.43. The molecule has 1 spiro atoms. The van der Waals surface area contributed by atoms with E-state index in [1.165, 1.54) is 0 Å². The van der Waals surface area contributed by atoms with Gasteiger partial charge in [-0.15, -0.1) is 0 Å². The lowest BCUT2D eigenvalue weighted by Gasteiger charge is -2.40. The predicted molar refractivity (Wildman–Crippen MR) is 103 cm³/mol. The van der Waals surface area contributed by atoms with Crippen molar-refractivity contribution in [2.75, 3.05) is 13.1 Å². The Morgan fingerprint density at radius 2 is 1.89 bits per heavy atom. The summed E-state index contributed by atoms with van der Waals surface area (Å²) in [5, 5.41) is 5.87. The van der Waals surface area contributed by atoms with Crippen molar-refractivity contribution in [3.8, 4) is 0 Å². The highest BCUT2D eigenvalue weighted by atomic mass is 16.2. The Morgan fingerprint density at radius 3 is 2.48 bits per heavy atom. The third kappa shape index (κ3) is 3.98. The van der Waals surface area contributed by atoms with Crippen LogP contribution in [0.3, 0.4) is 0 Å². The van der Waals surface area contributed by atoms with Gasteiger partial charge in [0, 0.05) is 6.04 Å². The zero-order valence-corrected chi connectivity index (χ0v) is 16.8. The lowest BCUT2D eigenvalue weighted by Crippen LogP contribution is -2.51. The van der Waals surface area contributed by atoms with E-state index in [1.807, 2.05) is 0 Å². The third-order valence-electron chi connectivity index (χ3n) is 6.92. The first-order valence-electron chi connectivity index (χ1n) is 10.3. The standard InChI is InChI=1S/C20H34N4O3/c1-19(2,3)14-7-9-20(10-8-14)17(26)24(18(27)23-20)12-16(25)22-15-6-4-5-13(15)11-21/h13-15H,4-12,21H2,1-3H3,(H,22,25)(H,23,27). The van der Waals surface area contributed by atoms with Crippen LogP contribution >= 0.6 is 0 Å². The summed E-state index contributed by atoms with van der Waals surface area (Å²) in [6.07, 6.45) is 6.10. The summed E-state index contributed by atoms with van der Waals surface area (Å²) in [7, 11) is 0. The lowest BCUT2D eigenvalue weighted by atomic mass is 9.67. The second kappa shape index (κ2) is 7.41. The van der Waals surface area contributed by atoms with E-state index in [-0.39, 0.29) is 35.7 Å². The van der Waals surface area contributed by atoms with Gasteiger partial charge in [-0.2, -0.15) is 0 Å². The van der Waals surface area contributed by atoms with Crippen LogP contribution in [0.25, 0.3) is 0 Å². The summed E-state index contributed by atoms with van der Waals surface area (Å²) in [5.41, 5.74) is 5.15. The molecule has 3 rings (SSSR count). The number of imide groups is 1. The number of nitrogens with one attached hydrogen (secondary N) is 2. The Labute approximate surface area is 161 Å². The van der Waals surface area contributed by atoms with Crippen molar-refractivity contribution in [1.82, 2.24) is 15.5 Å². The molecule has 2 atom stereocenters. The molecule has 4 N–H and O–H groups in total. The van der Waals surface area contributed by atoms with Gasteiger partial charge in [0.1, 0.15) is 12.1 Å². The maximum atomic E-state index is 13.0. The van der Waals surface area contributed by atoms with Crippen LogP contribution in [0.15, 0.2) is 0 Å². The zero-order valence-electron chi connectivity index (χ0n) is 16.8. The summed E-state index contributed by atoms with van der Waals surface area (Å²) in [4.78, 5) is 38.9. The van der Waals surface area contributed by atoms with Crippen molar-refractivity contribution in [3.63, 3.8) is 0 Å². The molecule has 1 aliphatic heterocycles. The molecule has 27 heavy (non-hydrogen) atoms. The van der Waals surface area contributed by atoms with Gasteiger partial charge < -0.3 is 16.4 Å². The van der Waals surface area contributed by atoms with Crippen LogP contribution in [0.5, 0.6) is 0 Å².